The summed E-state index contributed by atoms with van der Waals surface area (Å²) in [5, 5.41) is 0. The van der Waals surface area contributed by atoms with Crippen molar-refractivity contribution in [3.8, 4) is 0 Å². The number of fused-ring (bicyclic) bond motifs is 4. The minimum atomic E-state index is -0.0817. The first kappa shape index (κ1) is 23.4. The largest absolute Gasteiger partial charge is 0.462 e. The number of esters is 2. The summed E-state index contributed by atoms with van der Waals surface area (Å²) >= 11 is 1.65. The molecule has 0 aliphatic heterocycles. The van der Waals surface area contributed by atoms with E-state index in [1.807, 2.05) is 0 Å². The van der Waals surface area contributed by atoms with Crippen molar-refractivity contribution in [3.05, 3.63) is 0 Å². The second-order valence-electron chi connectivity index (χ2n) is 12.3. The third-order valence-electron chi connectivity index (χ3n) is 10.9. The number of carbonyl (C=O) groups excluding carboxylic acids is 2. The molecular formula is C26H42O4S. The van der Waals surface area contributed by atoms with Crippen molar-refractivity contribution in [2.24, 2.45) is 33.5 Å². The van der Waals surface area contributed by atoms with Gasteiger partial charge >= 0.3 is 11.9 Å². The Labute approximate surface area is 193 Å². The molecule has 5 heteroatoms. The van der Waals surface area contributed by atoms with Crippen molar-refractivity contribution in [3.63, 3.8) is 0 Å². The predicted octanol–water partition coefficient (Wildman–Crippen LogP) is 6.02. The molecule has 0 aromatic rings. The molecule has 0 saturated heterocycles. The smallest absolute Gasteiger partial charge is 0.306 e. The van der Waals surface area contributed by atoms with Gasteiger partial charge in [-0.2, -0.15) is 11.8 Å². The number of hydrogen-bond donors (Lipinski definition) is 0. The molecule has 0 aromatic carbocycles. The molecule has 0 spiro atoms. The van der Waals surface area contributed by atoms with Crippen molar-refractivity contribution in [2.45, 2.75) is 105 Å². The Morgan fingerprint density at radius 2 is 1.13 bits per heavy atom. The molecule has 4 bridgehead atoms. The van der Waals surface area contributed by atoms with Gasteiger partial charge in [-0.1, -0.05) is 41.5 Å². The van der Waals surface area contributed by atoms with Crippen LogP contribution in [0.5, 0.6) is 0 Å². The Balaban J connectivity index is 1.12. The maximum Gasteiger partial charge on any atom is 0.306 e. The Morgan fingerprint density at radius 1 is 0.742 bits per heavy atom. The number of ether oxygens (including phenoxy) is 2. The van der Waals surface area contributed by atoms with Crippen LogP contribution in [0.1, 0.15) is 92.9 Å². The fraction of sp³-hybridized carbons (Fsp3) is 0.923. The summed E-state index contributed by atoms with van der Waals surface area (Å²) in [6, 6.07) is 0. The molecule has 0 heterocycles. The first-order valence-corrected chi connectivity index (χ1v) is 13.5. The van der Waals surface area contributed by atoms with Crippen LogP contribution in [0.25, 0.3) is 0 Å². The molecule has 0 amide bonds. The van der Waals surface area contributed by atoms with Crippen LogP contribution in [0.3, 0.4) is 0 Å². The molecule has 176 valence electrons. The van der Waals surface area contributed by atoms with Gasteiger partial charge in [-0.3, -0.25) is 9.59 Å². The van der Waals surface area contributed by atoms with Crippen molar-refractivity contribution in [1.82, 2.24) is 0 Å². The summed E-state index contributed by atoms with van der Waals surface area (Å²) in [4.78, 5) is 24.8. The van der Waals surface area contributed by atoms with E-state index in [9.17, 15) is 9.59 Å². The molecule has 31 heavy (non-hydrogen) atoms. The molecule has 4 nitrogen and oxygen atoms in total. The van der Waals surface area contributed by atoms with E-state index in [1.165, 1.54) is 12.8 Å². The van der Waals surface area contributed by atoms with Crippen LogP contribution in [-0.2, 0) is 19.1 Å². The molecule has 4 saturated carbocycles. The van der Waals surface area contributed by atoms with Crippen LogP contribution in [0, 0.1) is 33.5 Å². The van der Waals surface area contributed by atoms with Gasteiger partial charge in [0.1, 0.15) is 12.2 Å². The Kier molecular flexibility index (Phi) is 6.02. The van der Waals surface area contributed by atoms with Crippen molar-refractivity contribution < 1.29 is 19.1 Å². The monoisotopic (exact) mass is 450 g/mol. The lowest BCUT2D eigenvalue weighted by Crippen LogP contribution is -2.38. The molecule has 0 aromatic heterocycles. The molecule has 0 radical (unpaired) electrons. The van der Waals surface area contributed by atoms with Crippen molar-refractivity contribution in [1.29, 1.82) is 0 Å². The average molecular weight is 451 g/mol. The third kappa shape index (κ3) is 3.65. The van der Waals surface area contributed by atoms with Gasteiger partial charge in [0.25, 0.3) is 0 Å². The second kappa shape index (κ2) is 7.95. The summed E-state index contributed by atoms with van der Waals surface area (Å²) in [6.45, 7) is 14.0. The fourth-order valence-electron chi connectivity index (χ4n) is 7.47. The molecule has 4 fully saturated rings. The minimum Gasteiger partial charge on any atom is -0.462 e. The molecular weight excluding hydrogens is 408 g/mol. The highest BCUT2D eigenvalue weighted by molar-refractivity contribution is 7.99. The van der Waals surface area contributed by atoms with Gasteiger partial charge in [-0.05, 0) is 61.2 Å². The highest BCUT2D eigenvalue weighted by atomic mass is 32.2. The van der Waals surface area contributed by atoms with Crippen LogP contribution in [0.2, 0.25) is 0 Å². The van der Waals surface area contributed by atoms with E-state index in [-0.39, 0.29) is 45.8 Å². The molecule has 4 rings (SSSR count). The average Bonchev–Trinajstić information content (AvgIpc) is 3.19. The van der Waals surface area contributed by atoms with Gasteiger partial charge in [-0.25, -0.2) is 0 Å². The van der Waals surface area contributed by atoms with Gasteiger partial charge < -0.3 is 9.47 Å². The Bertz CT molecular complexity index is 671. The quantitative estimate of drug-likeness (QED) is 0.334. The van der Waals surface area contributed by atoms with Gasteiger partial charge in [0.05, 0.1) is 12.8 Å². The van der Waals surface area contributed by atoms with Crippen LogP contribution in [0.4, 0.5) is 0 Å². The lowest BCUT2D eigenvalue weighted by Gasteiger charge is -2.38. The number of thioether (sulfide) groups is 1. The van der Waals surface area contributed by atoms with Gasteiger partial charge in [0, 0.05) is 22.3 Å². The zero-order valence-corrected chi connectivity index (χ0v) is 21.2. The Morgan fingerprint density at radius 3 is 1.42 bits per heavy atom. The van der Waals surface area contributed by atoms with Crippen LogP contribution < -0.4 is 0 Å². The van der Waals surface area contributed by atoms with Crippen molar-refractivity contribution in [2.75, 3.05) is 11.5 Å². The van der Waals surface area contributed by atoms with E-state index in [0.717, 1.165) is 25.7 Å². The lowest BCUT2D eigenvalue weighted by molar-refractivity contribution is -0.157. The summed E-state index contributed by atoms with van der Waals surface area (Å²) in [5.74, 6) is 2.61. The van der Waals surface area contributed by atoms with E-state index >= 15 is 0 Å². The summed E-state index contributed by atoms with van der Waals surface area (Å²) in [7, 11) is 0. The fourth-order valence-corrected chi connectivity index (χ4v) is 8.29. The van der Waals surface area contributed by atoms with Crippen LogP contribution >= 0.6 is 11.8 Å². The first-order chi connectivity index (χ1) is 14.4. The van der Waals surface area contributed by atoms with E-state index in [2.05, 4.69) is 41.5 Å². The summed E-state index contributed by atoms with van der Waals surface area (Å²) < 4.78 is 11.8. The zero-order chi connectivity index (χ0) is 22.7. The molecule has 4 unspecified atom stereocenters. The van der Waals surface area contributed by atoms with E-state index in [1.54, 1.807) is 11.8 Å². The van der Waals surface area contributed by atoms with E-state index in [0.29, 0.717) is 36.2 Å². The van der Waals surface area contributed by atoms with Crippen molar-refractivity contribution >= 4 is 23.7 Å². The normalized spacial score (nSPS) is 41.5. The van der Waals surface area contributed by atoms with Crippen LogP contribution in [0.15, 0.2) is 0 Å². The van der Waals surface area contributed by atoms with Crippen LogP contribution in [-0.4, -0.2) is 35.7 Å². The molecule has 4 aliphatic rings. The number of rotatable bonds is 8. The highest BCUT2D eigenvalue weighted by Gasteiger charge is 2.63. The second-order valence-corrected chi connectivity index (χ2v) is 13.5. The molecule has 6 atom stereocenters. The SMILES string of the molecule is CC1(C)C2CC[C@]1(C)C(OC(=O)CCSCCC(=O)OC1CC3CC[C@@]1(C)C3(C)C)C2. The summed E-state index contributed by atoms with van der Waals surface area (Å²) in [5.41, 5.74) is 0.764. The first-order valence-electron chi connectivity index (χ1n) is 12.4. The molecule has 4 aliphatic carbocycles. The van der Waals surface area contributed by atoms with Gasteiger partial charge in [-0.15, -0.1) is 0 Å². The maximum atomic E-state index is 12.4. The predicted molar refractivity (Wildman–Crippen MR) is 125 cm³/mol. The number of hydrogen-bond acceptors (Lipinski definition) is 5. The van der Waals surface area contributed by atoms with E-state index < -0.39 is 0 Å². The number of carbonyl (C=O) groups is 2. The highest BCUT2D eigenvalue weighted by Crippen LogP contribution is 2.67. The minimum absolute atomic E-state index is 0.0705. The maximum absolute atomic E-state index is 12.4. The summed E-state index contributed by atoms with van der Waals surface area (Å²) in [6.07, 6.45) is 7.89. The zero-order valence-electron chi connectivity index (χ0n) is 20.4. The third-order valence-corrected chi connectivity index (χ3v) is 11.9. The lowest BCUT2D eigenvalue weighted by atomic mass is 9.70. The Hall–Kier alpha value is -0.710. The molecule has 0 N–H and O–H groups in total. The topological polar surface area (TPSA) is 52.6 Å². The standard InChI is InChI=1S/C26H42O4S/c1-23(2)17-7-11-25(23,5)19(15-17)29-21(27)9-13-31-14-10-22(28)30-20-16-18-8-12-26(20,6)24(18,3)4/h17-20H,7-16H2,1-6H3/t17?,18?,19?,20?,25-,26-/m1/s1. The van der Waals surface area contributed by atoms with Gasteiger partial charge in [0.2, 0.25) is 0 Å². The van der Waals surface area contributed by atoms with Gasteiger partial charge in [0.15, 0.2) is 0 Å². The van der Waals surface area contributed by atoms with E-state index in [4.69, 9.17) is 9.47 Å².